The van der Waals surface area contributed by atoms with E-state index in [0.717, 1.165) is 72.3 Å². The first-order valence-electron chi connectivity index (χ1n) is 20.9. The van der Waals surface area contributed by atoms with E-state index in [2.05, 4.69) is 201 Å². The van der Waals surface area contributed by atoms with Gasteiger partial charge in [0, 0.05) is 38.4 Å². The predicted molar refractivity (Wildman–Crippen MR) is 251 cm³/mol. The third-order valence-electron chi connectivity index (χ3n) is 12.7. The Morgan fingerprint density at radius 2 is 1.03 bits per heavy atom. The molecule has 1 aliphatic carbocycles. The molecule has 61 heavy (non-hydrogen) atoms. The molecule has 3 nitrogen and oxygen atoms in total. The van der Waals surface area contributed by atoms with Crippen molar-refractivity contribution in [2.75, 3.05) is 0 Å². The van der Waals surface area contributed by atoms with Crippen molar-refractivity contribution in [3.8, 4) is 67.3 Å². The third-order valence-corrected chi connectivity index (χ3v) is 12.7. The highest BCUT2D eigenvalue weighted by molar-refractivity contribution is 6.10. The standard InChI is InChI=1S/C58H38N2O/c1-58(44-20-6-3-7-21-44)51-28-12-10-22-46(51)48-25-15-27-50(55(48)58)53-36-52(59-57(60-53)38-17-4-2-5-18-38)43-34-41(40-31-30-37-16-8-9-19-39(37)32-40)33-42(35-43)45-24-14-26-49-47-23-11-13-29-54(47)61-56(45)49/h2-36H,1H3. The lowest BCUT2D eigenvalue weighted by atomic mass is 9.72. The summed E-state index contributed by atoms with van der Waals surface area (Å²) in [4.78, 5) is 10.8. The number of nitrogens with zero attached hydrogens (tertiary/aromatic N) is 2. The molecule has 0 radical (unpaired) electrons. The number of hydrogen-bond donors (Lipinski definition) is 0. The molecule has 1 aliphatic rings. The molecule has 0 bridgehead atoms. The van der Waals surface area contributed by atoms with Gasteiger partial charge in [-0.2, -0.15) is 0 Å². The maximum atomic E-state index is 6.64. The number of aromatic nitrogens is 2. The summed E-state index contributed by atoms with van der Waals surface area (Å²) in [6.45, 7) is 2.37. The molecule has 12 rings (SSSR count). The van der Waals surface area contributed by atoms with Crippen LogP contribution in [0.25, 0.3) is 100.0 Å². The lowest BCUT2D eigenvalue weighted by molar-refractivity contribution is 0.670. The minimum atomic E-state index is -0.407. The molecule has 2 heterocycles. The number of rotatable bonds is 6. The van der Waals surface area contributed by atoms with E-state index in [0.29, 0.717) is 5.82 Å². The van der Waals surface area contributed by atoms with Crippen LogP contribution in [-0.4, -0.2) is 9.97 Å². The van der Waals surface area contributed by atoms with Gasteiger partial charge in [0.25, 0.3) is 0 Å². The molecule has 1 unspecified atom stereocenters. The molecular weight excluding hydrogens is 741 g/mol. The smallest absolute Gasteiger partial charge is 0.160 e. The Bertz CT molecular complexity index is 3490. The van der Waals surface area contributed by atoms with Gasteiger partial charge in [-0.25, -0.2) is 9.97 Å². The van der Waals surface area contributed by atoms with E-state index in [1.807, 2.05) is 18.2 Å². The van der Waals surface area contributed by atoms with Crippen molar-refractivity contribution in [3.63, 3.8) is 0 Å². The Morgan fingerprint density at radius 1 is 0.393 bits per heavy atom. The van der Waals surface area contributed by atoms with Crippen LogP contribution in [-0.2, 0) is 5.41 Å². The van der Waals surface area contributed by atoms with Gasteiger partial charge in [0.2, 0.25) is 0 Å². The molecule has 0 saturated heterocycles. The van der Waals surface area contributed by atoms with E-state index in [9.17, 15) is 0 Å². The van der Waals surface area contributed by atoms with E-state index in [4.69, 9.17) is 14.4 Å². The fourth-order valence-corrected chi connectivity index (χ4v) is 9.78. The van der Waals surface area contributed by atoms with Crippen molar-refractivity contribution in [2.45, 2.75) is 12.3 Å². The quantitative estimate of drug-likeness (QED) is 0.169. The van der Waals surface area contributed by atoms with Gasteiger partial charge in [0.05, 0.1) is 11.4 Å². The fourth-order valence-electron chi connectivity index (χ4n) is 9.78. The molecule has 0 fully saturated rings. The van der Waals surface area contributed by atoms with E-state index in [-0.39, 0.29) is 0 Å². The average Bonchev–Trinajstić information content (AvgIpc) is 3.85. The summed E-state index contributed by atoms with van der Waals surface area (Å²) >= 11 is 0. The molecule has 1 atom stereocenters. The van der Waals surface area contributed by atoms with Crippen LogP contribution in [0.15, 0.2) is 217 Å². The maximum absolute atomic E-state index is 6.64. The van der Waals surface area contributed by atoms with Crippen molar-refractivity contribution >= 4 is 32.7 Å². The first-order chi connectivity index (χ1) is 30.1. The molecule has 0 aliphatic heterocycles. The molecule has 286 valence electrons. The second-order valence-corrected chi connectivity index (χ2v) is 16.2. The molecule has 11 aromatic rings. The number of hydrogen-bond acceptors (Lipinski definition) is 3. The zero-order valence-electron chi connectivity index (χ0n) is 33.5. The second-order valence-electron chi connectivity index (χ2n) is 16.2. The van der Waals surface area contributed by atoms with Gasteiger partial charge < -0.3 is 4.42 Å². The Hall–Kier alpha value is -7.88. The third kappa shape index (κ3) is 5.66. The van der Waals surface area contributed by atoms with Crippen LogP contribution in [0.5, 0.6) is 0 Å². The minimum Gasteiger partial charge on any atom is -0.455 e. The molecular formula is C58H38N2O. The van der Waals surface area contributed by atoms with Gasteiger partial charge in [0.1, 0.15) is 11.2 Å². The fraction of sp³-hybridized carbons (Fsp3) is 0.0345. The Balaban J connectivity index is 1.12. The minimum absolute atomic E-state index is 0.407. The zero-order valence-corrected chi connectivity index (χ0v) is 33.5. The highest BCUT2D eigenvalue weighted by atomic mass is 16.3. The van der Waals surface area contributed by atoms with Gasteiger partial charge in [-0.3, -0.25) is 0 Å². The van der Waals surface area contributed by atoms with Crippen molar-refractivity contribution in [3.05, 3.63) is 229 Å². The Kier molecular flexibility index (Phi) is 7.98. The van der Waals surface area contributed by atoms with Gasteiger partial charge in [0.15, 0.2) is 5.82 Å². The summed E-state index contributed by atoms with van der Waals surface area (Å²) in [5.74, 6) is 0.680. The summed E-state index contributed by atoms with van der Waals surface area (Å²) in [5, 5.41) is 4.62. The monoisotopic (exact) mass is 778 g/mol. The van der Waals surface area contributed by atoms with Crippen LogP contribution in [0.1, 0.15) is 23.6 Å². The van der Waals surface area contributed by atoms with Gasteiger partial charge >= 0.3 is 0 Å². The lowest BCUT2D eigenvalue weighted by Crippen LogP contribution is -2.23. The molecule has 9 aromatic carbocycles. The Labute approximate surface area is 354 Å². The number of para-hydroxylation sites is 2. The molecule has 2 aromatic heterocycles. The van der Waals surface area contributed by atoms with Crippen molar-refractivity contribution < 1.29 is 4.42 Å². The van der Waals surface area contributed by atoms with E-state index < -0.39 is 5.41 Å². The summed E-state index contributed by atoms with van der Waals surface area (Å²) < 4.78 is 6.64. The summed E-state index contributed by atoms with van der Waals surface area (Å²) in [7, 11) is 0. The molecule has 0 amide bonds. The van der Waals surface area contributed by atoms with Crippen LogP contribution < -0.4 is 0 Å². The van der Waals surface area contributed by atoms with Crippen LogP contribution >= 0.6 is 0 Å². The van der Waals surface area contributed by atoms with E-state index in [1.54, 1.807) is 0 Å². The van der Waals surface area contributed by atoms with Gasteiger partial charge in [-0.1, -0.05) is 176 Å². The van der Waals surface area contributed by atoms with Crippen LogP contribution in [0.4, 0.5) is 0 Å². The van der Waals surface area contributed by atoms with Gasteiger partial charge in [-0.15, -0.1) is 0 Å². The molecule has 0 spiro atoms. The number of fused-ring (bicyclic) bond motifs is 7. The Morgan fingerprint density at radius 3 is 1.92 bits per heavy atom. The van der Waals surface area contributed by atoms with Crippen LogP contribution in [0, 0.1) is 0 Å². The van der Waals surface area contributed by atoms with E-state index >= 15 is 0 Å². The number of furan rings is 1. The summed E-state index contributed by atoms with van der Waals surface area (Å²) in [6, 6.07) is 75.8. The first kappa shape index (κ1) is 35.1. The predicted octanol–water partition coefficient (Wildman–Crippen LogP) is 15.2. The number of benzene rings is 9. The second kappa shape index (κ2) is 13.9. The van der Waals surface area contributed by atoms with Crippen molar-refractivity contribution in [2.24, 2.45) is 0 Å². The van der Waals surface area contributed by atoms with E-state index in [1.165, 1.54) is 38.6 Å². The SMILES string of the molecule is CC1(c2ccccc2)c2ccccc2-c2cccc(-c3cc(-c4cc(-c5ccc6ccccc6c5)cc(-c5cccc6c5oc5ccccc56)c4)nc(-c4ccccc4)n3)c21. The summed E-state index contributed by atoms with van der Waals surface area (Å²) in [6.07, 6.45) is 0. The largest absolute Gasteiger partial charge is 0.455 e. The van der Waals surface area contributed by atoms with Crippen molar-refractivity contribution in [1.82, 2.24) is 9.97 Å². The highest BCUT2D eigenvalue weighted by Crippen LogP contribution is 2.55. The lowest BCUT2D eigenvalue weighted by Gasteiger charge is -2.30. The van der Waals surface area contributed by atoms with Crippen LogP contribution in [0.2, 0.25) is 0 Å². The average molecular weight is 779 g/mol. The highest BCUT2D eigenvalue weighted by Gasteiger charge is 2.42. The molecule has 0 saturated carbocycles. The topological polar surface area (TPSA) is 38.9 Å². The maximum Gasteiger partial charge on any atom is 0.160 e. The zero-order chi connectivity index (χ0) is 40.5. The van der Waals surface area contributed by atoms with Gasteiger partial charge in [-0.05, 0) is 98.6 Å². The summed E-state index contributed by atoms with van der Waals surface area (Å²) in [5.41, 5.74) is 16.8. The van der Waals surface area contributed by atoms with Crippen LogP contribution in [0.3, 0.4) is 0 Å². The van der Waals surface area contributed by atoms with Crippen molar-refractivity contribution in [1.29, 1.82) is 0 Å². The molecule has 0 N–H and O–H groups in total. The first-order valence-corrected chi connectivity index (χ1v) is 20.9. The molecule has 3 heteroatoms. The normalized spacial score (nSPS) is 14.4.